The summed E-state index contributed by atoms with van der Waals surface area (Å²) < 4.78 is 9.88. The third kappa shape index (κ3) is 12.1. The molecule has 1 aromatic rings. The number of rotatable bonds is 12. The maximum Gasteiger partial charge on any atom is 0.353 e. The van der Waals surface area contributed by atoms with E-state index in [1.165, 1.54) is 44.1 Å². The fourth-order valence-electron chi connectivity index (χ4n) is 4.61. The molecule has 1 heterocycles. The van der Waals surface area contributed by atoms with Gasteiger partial charge in [-0.2, -0.15) is 0 Å². The first kappa shape index (κ1) is 32.2. The Morgan fingerprint density at radius 1 is 1.00 bits per heavy atom. The van der Waals surface area contributed by atoms with E-state index in [-0.39, 0.29) is 23.1 Å². The van der Waals surface area contributed by atoms with E-state index in [1.54, 1.807) is 5.38 Å². The normalized spacial score (nSPS) is 17.7. The van der Waals surface area contributed by atoms with E-state index in [2.05, 4.69) is 33.5 Å². The molecular formula is C29H43N3O6S. The monoisotopic (exact) mass is 561 g/mol. The van der Waals surface area contributed by atoms with Gasteiger partial charge in [0.2, 0.25) is 0 Å². The number of hydrogen-bond acceptors (Lipinski definition) is 8. The lowest BCUT2D eigenvalue weighted by Crippen LogP contribution is -2.35. The van der Waals surface area contributed by atoms with Gasteiger partial charge in [0.15, 0.2) is 0 Å². The molecule has 1 aliphatic carbocycles. The molecule has 0 bridgehead atoms. The van der Waals surface area contributed by atoms with Gasteiger partial charge in [-0.25, -0.2) is 9.78 Å². The van der Waals surface area contributed by atoms with Gasteiger partial charge < -0.3 is 20.1 Å². The van der Waals surface area contributed by atoms with Crippen LogP contribution in [0, 0.1) is 11.8 Å². The first-order valence-corrected chi connectivity index (χ1v) is 14.5. The van der Waals surface area contributed by atoms with Crippen LogP contribution in [-0.4, -0.2) is 41.4 Å². The zero-order valence-electron chi connectivity index (χ0n) is 23.7. The highest BCUT2D eigenvalue weighted by Crippen LogP contribution is 2.31. The van der Waals surface area contributed by atoms with Crippen LogP contribution < -0.4 is 10.6 Å². The summed E-state index contributed by atoms with van der Waals surface area (Å²) in [5.74, 6) is -1.01. The maximum atomic E-state index is 12.6. The van der Waals surface area contributed by atoms with Crippen molar-refractivity contribution in [2.45, 2.75) is 97.0 Å². The largest absolute Gasteiger partial charge is 0.464 e. The van der Waals surface area contributed by atoms with Crippen molar-refractivity contribution in [2.24, 2.45) is 11.8 Å². The maximum absolute atomic E-state index is 12.6. The van der Waals surface area contributed by atoms with Crippen molar-refractivity contribution in [3.63, 3.8) is 0 Å². The number of carbonyl (C=O) groups is 4. The zero-order chi connectivity index (χ0) is 29.0. The Kier molecular flexibility index (Phi) is 12.8. The van der Waals surface area contributed by atoms with Gasteiger partial charge in [0.1, 0.15) is 17.0 Å². The van der Waals surface area contributed by atoms with Crippen molar-refractivity contribution in [3.05, 3.63) is 40.6 Å². The Morgan fingerprint density at radius 3 is 2.33 bits per heavy atom. The number of aromatic nitrogens is 1. The molecule has 216 valence electrons. The third-order valence-electron chi connectivity index (χ3n) is 6.60. The first-order chi connectivity index (χ1) is 18.4. The van der Waals surface area contributed by atoms with Crippen molar-refractivity contribution in [3.8, 4) is 0 Å². The summed E-state index contributed by atoms with van der Waals surface area (Å²) in [6.45, 7) is 12.6. The standard InChI is InChI=1S/C29H43N3O6S/c1-19(26(34)31-20(2)28(36)37-6)30-27(35)23-18-39-24(32-23)17-22-13-8-7-11-21(15-16-22)12-9-10-14-25(33)38-29(3,4)5/h18,21-22H,1-2,7-17H2,3-6H3,(H,30,35)(H,31,34). The molecule has 1 fully saturated rings. The van der Waals surface area contributed by atoms with Crippen LogP contribution in [0.2, 0.25) is 0 Å². The number of nitrogens with zero attached hydrogens (tertiary/aromatic N) is 1. The molecule has 2 atom stereocenters. The van der Waals surface area contributed by atoms with E-state index >= 15 is 0 Å². The molecule has 0 aromatic carbocycles. The topological polar surface area (TPSA) is 124 Å². The second kappa shape index (κ2) is 15.5. The number of methoxy groups -OCH3 is 1. The van der Waals surface area contributed by atoms with Gasteiger partial charge in [0.25, 0.3) is 11.8 Å². The van der Waals surface area contributed by atoms with Crippen LogP contribution in [0.25, 0.3) is 0 Å². The Balaban J connectivity index is 1.78. The van der Waals surface area contributed by atoms with E-state index in [9.17, 15) is 19.2 Å². The van der Waals surface area contributed by atoms with Gasteiger partial charge in [-0.1, -0.05) is 58.1 Å². The van der Waals surface area contributed by atoms with Crippen LogP contribution in [0.3, 0.4) is 0 Å². The van der Waals surface area contributed by atoms with Crippen molar-refractivity contribution >= 4 is 35.1 Å². The average molecular weight is 562 g/mol. The van der Waals surface area contributed by atoms with Crippen LogP contribution in [0.4, 0.5) is 0 Å². The van der Waals surface area contributed by atoms with Crippen molar-refractivity contribution in [2.75, 3.05) is 7.11 Å². The summed E-state index contributed by atoms with van der Waals surface area (Å²) >= 11 is 1.44. The first-order valence-electron chi connectivity index (χ1n) is 13.6. The van der Waals surface area contributed by atoms with Crippen molar-refractivity contribution in [1.82, 2.24) is 15.6 Å². The Labute approximate surface area is 235 Å². The summed E-state index contributed by atoms with van der Waals surface area (Å²) in [6.07, 6.45) is 11.4. The lowest BCUT2D eigenvalue weighted by Gasteiger charge is -2.24. The Bertz CT molecular complexity index is 1040. The molecule has 1 saturated carbocycles. The van der Waals surface area contributed by atoms with Crippen molar-refractivity contribution < 1.29 is 28.7 Å². The summed E-state index contributed by atoms with van der Waals surface area (Å²) in [5.41, 5.74) is -0.682. The second-order valence-corrected chi connectivity index (χ2v) is 12.1. The number of amides is 2. The van der Waals surface area contributed by atoms with E-state index in [0.29, 0.717) is 18.3 Å². The highest BCUT2D eigenvalue weighted by atomic mass is 32.1. The molecule has 0 radical (unpaired) electrons. The molecule has 2 unspecified atom stereocenters. The molecule has 9 nitrogen and oxygen atoms in total. The minimum Gasteiger partial charge on any atom is -0.464 e. The Hall–Kier alpha value is -3.01. The van der Waals surface area contributed by atoms with E-state index in [1.807, 2.05) is 20.8 Å². The molecule has 1 aromatic heterocycles. The molecular weight excluding hydrogens is 518 g/mol. The minimum absolute atomic E-state index is 0.117. The Morgan fingerprint density at radius 2 is 1.67 bits per heavy atom. The van der Waals surface area contributed by atoms with Gasteiger partial charge in [0, 0.05) is 18.2 Å². The van der Waals surface area contributed by atoms with Crippen LogP contribution in [0.15, 0.2) is 29.9 Å². The fraction of sp³-hybridized carbons (Fsp3) is 0.621. The SMILES string of the molecule is C=C(NC(=O)c1csc(CC2CCCCC(CCCCC(=O)OC(C)(C)C)CC2)n1)C(=O)NC(=C)C(=O)OC. The van der Waals surface area contributed by atoms with Gasteiger partial charge in [-0.15, -0.1) is 11.3 Å². The number of unbranched alkanes of at least 4 members (excludes halogenated alkanes) is 1. The number of carbonyl (C=O) groups excluding carboxylic acids is 4. The van der Waals surface area contributed by atoms with Crippen LogP contribution in [0.1, 0.15) is 100 Å². The zero-order valence-corrected chi connectivity index (χ0v) is 24.5. The third-order valence-corrected chi connectivity index (χ3v) is 7.47. The van der Waals surface area contributed by atoms with Gasteiger partial charge >= 0.3 is 11.9 Å². The number of nitrogens with one attached hydrogen (secondary N) is 2. The van der Waals surface area contributed by atoms with E-state index in [4.69, 9.17) is 4.74 Å². The smallest absolute Gasteiger partial charge is 0.353 e. The van der Waals surface area contributed by atoms with Crippen LogP contribution >= 0.6 is 11.3 Å². The van der Waals surface area contributed by atoms with E-state index < -0.39 is 23.4 Å². The summed E-state index contributed by atoms with van der Waals surface area (Å²) in [4.78, 5) is 52.5. The number of hydrogen-bond donors (Lipinski definition) is 2. The summed E-state index contributed by atoms with van der Waals surface area (Å²) in [6, 6.07) is 0. The summed E-state index contributed by atoms with van der Waals surface area (Å²) in [5, 5.41) is 7.22. The second-order valence-electron chi connectivity index (χ2n) is 11.1. The highest BCUT2D eigenvalue weighted by molar-refractivity contribution is 7.09. The quantitative estimate of drug-likeness (QED) is 0.204. The summed E-state index contributed by atoms with van der Waals surface area (Å²) in [7, 11) is 1.17. The lowest BCUT2D eigenvalue weighted by molar-refractivity contribution is -0.155. The number of thiazole rings is 1. The molecule has 10 heteroatoms. The molecule has 39 heavy (non-hydrogen) atoms. The number of esters is 2. The molecule has 0 spiro atoms. The van der Waals surface area contributed by atoms with Crippen LogP contribution in [-0.2, 0) is 30.3 Å². The lowest BCUT2D eigenvalue weighted by atomic mass is 9.82. The van der Waals surface area contributed by atoms with Crippen molar-refractivity contribution in [1.29, 1.82) is 0 Å². The molecule has 0 aliphatic heterocycles. The van der Waals surface area contributed by atoms with Gasteiger partial charge in [-0.05, 0) is 45.4 Å². The van der Waals surface area contributed by atoms with Crippen LogP contribution in [0.5, 0.6) is 0 Å². The highest BCUT2D eigenvalue weighted by Gasteiger charge is 2.22. The van der Waals surface area contributed by atoms with Gasteiger partial charge in [-0.3, -0.25) is 14.4 Å². The molecule has 2 amide bonds. The van der Waals surface area contributed by atoms with E-state index in [0.717, 1.165) is 43.5 Å². The molecule has 2 rings (SSSR count). The minimum atomic E-state index is -0.787. The number of ether oxygens (including phenoxy) is 2. The molecule has 2 N–H and O–H groups in total. The molecule has 0 saturated heterocycles. The predicted molar refractivity (Wildman–Crippen MR) is 151 cm³/mol. The fourth-order valence-corrected chi connectivity index (χ4v) is 5.50. The van der Waals surface area contributed by atoms with Gasteiger partial charge in [0.05, 0.1) is 17.8 Å². The predicted octanol–water partition coefficient (Wildman–Crippen LogP) is 5.22. The molecule has 1 aliphatic rings. The average Bonchev–Trinajstić information content (AvgIpc) is 3.31.